The maximum absolute atomic E-state index is 12.2. The molecule has 5 heteroatoms. The Morgan fingerprint density at radius 2 is 2.19 bits per heavy atom. The van der Waals surface area contributed by atoms with E-state index in [9.17, 15) is 4.79 Å². The predicted molar refractivity (Wildman–Crippen MR) is 67.2 cm³/mol. The molecule has 2 N–H and O–H groups in total. The van der Waals surface area contributed by atoms with Gasteiger partial charge in [-0.3, -0.25) is 4.79 Å². The van der Waals surface area contributed by atoms with Crippen molar-refractivity contribution in [2.45, 2.75) is 32.8 Å². The lowest BCUT2D eigenvalue weighted by Gasteiger charge is -2.36. The minimum atomic E-state index is -0.759. The molecule has 1 rings (SSSR count). The molecule has 1 amide bonds. The van der Waals surface area contributed by atoms with Crippen molar-refractivity contribution in [3.63, 3.8) is 0 Å². The zero-order valence-corrected chi connectivity index (χ0v) is 11.0. The van der Waals surface area contributed by atoms with Crippen molar-refractivity contribution in [3.8, 4) is 0 Å². The van der Waals surface area contributed by atoms with Gasteiger partial charge in [0.25, 0.3) is 0 Å². The number of rotatable bonds is 3. The monoisotopic (exact) mass is 244 g/mol. The zero-order chi connectivity index (χ0) is 12.3. The third-order valence-corrected chi connectivity index (χ3v) is 3.66. The van der Waals surface area contributed by atoms with Gasteiger partial charge in [0.1, 0.15) is 0 Å². The van der Waals surface area contributed by atoms with E-state index in [2.05, 4.69) is 0 Å². The molecule has 1 atom stereocenters. The molecule has 0 saturated carbocycles. The van der Waals surface area contributed by atoms with Gasteiger partial charge in [-0.25, -0.2) is 0 Å². The molecule has 0 spiro atoms. The van der Waals surface area contributed by atoms with Crippen molar-refractivity contribution in [2.75, 3.05) is 20.2 Å². The van der Waals surface area contributed by atoms with Crippen LogP contribution in [0.3, 0.4) is 0 Å². The lowest BCUT2D eigenvalue weighted by atomic mass is 9.90. The van der Waals surface area contributed by atoms with E-state index in [1.54, 1.807) is 25.9 Å². The van der Waals surface area contributed by atoms with E-state index in [1.165, 1.54) is 0 Å². The summed E-state index contributed by atoms with van der Waals surface area (Å²) in [6, 6.07) is 0. The summed E-state index contributed by atoms with van der Waals surface area (Å²) in [4.78, 5) is 14.3. The number of piperidine rings is 1. The topological polar surface area (TPSA) is 55.6 Å². The molecule has 92 valence electrons. The van der Waals surface area contributed by atoms with E-state index in [0.717, 1.165) is 19.4 Å². The van der Waals surface area contributed by atoms with Gasteiger partial charge in [-0.2, -0.15) is 0 Å². The first-order valence-corrected chi connectivity index (χ1v) is 5.92. The summed E-state index contributed by atoms with van der Waals surface area (Å²) in [5.74, 6) is 0.00162. The number of nitrogens with zero attached hydrogens (tertiary/aromatic N) is 1. The van der Waals surface area contributed by atoms with Gasteiger partial charge >= 0.3 is 0 Å². The van der Waals surface area contributed by atoms with Crippen LogP contribution in [0, 0.1) is 5.41 Å². The zero-order valence-electron chi connectivity index (χ0n) is 10.2. The second-order valence-corrected chi connectivity index (χ2v) is 5.18. The Balaban J connectivity index is 2.70. The summed E-state index contributed by atoms with van der Waals surface area (Å²) in [7, 11) is 1.68. The highest BCUT2D eigenvalue weighted by Gasteiger charge is 2.36. The van der Waals surface area contributed by atoms with Gasteiger partial charge in [0, 0.05) is 20.2 Å². The first-order valence-electron chi connectivity index (χ1n) is 5.51. The highest BCUT2D eigenvalue weighted by atomic mass is 32.1. The van der Waals surface area contributed by atoms with Crippen LogP contribution in [0.5, 0.6) is 0 Å². The first-order chi connectivity index (χ1) is 7.39. The van der Waals surface area contributed by atoms with Crippen molar-refractivity contribution in [1.82, 2.24) is 4.90 Å². The molecular formula is C11H20N2O2S. The fourth-order valence-corrected chi connectivity index (χ4v) is 1.90. The SMILES string of the molecule is COC1CCCN(C(=O)C(C)(C)C(N)=S)C1. The van der Waals surface area contributed by atoms with Gasteiger partial charge in [-0.1, -0.05) is 12.2 Å². The van der Waals surface area contributed by atoms with Crippen LogP contribution in [0.15, 0.2) is 0 Å². The number of methoxy groups -OCH3 is 1. The van der Waals surface area contributed by atoms with Gasteiger partial charge in [0.05, 0.1) is 16.5 Å². The summed E-state index contributed by atoms with van der Waals surface area (Å²) >= 11 is 4.93. The molecule has 0 bridgehead atoms. The molecule has 1 aliphatic heterocycles. The average molecular weight is 244 g/mol. The summed E-state index contributed by atoms with van der Waals surface area (Å²) in [6.07, 6.45) is 2.12. The highest BCUT2D eigenvalue weighted by molar-refractivity contribution is 7.80. The van der Waals surface area contributed by atoms with Crippen LogP contribution in [0.4, 0.5) is 0 Å². The quantitative estimate of drug-likeness (QED) is 0.751. The second kappa shape index (κ2) is 5.10. The number of thiocarbonyl (C=S) groups is 1. The molecular weight excluding hydrogens is 224 g/mol. The van der Waals surface area contributed by atoms with Crippen LogP contribution in [0.2, 0.25) is 0 Å². The van der Waals surface area contributed by atoms with Crippen LogP contribution in [-0.2, 0) is 9.53 Å². The molecule has 1 fully saturated rings. The predicted octanol–water partition coefficient (Wildman–Crippen LogP) is 0.936. The molecule has 0 aliphatic carbocycles. The molecule has 1 aliphatic rings. The smallest absolute Gasteiger partial charge is 0.235 e. The number of nitrogens with two attached hydrogens (primary N) is 1. The summed E-state index contributed by atoms with van der Waals surface area (Å²) < 4.78 is 5.29. The number of carbonyl (C=O) groups excluding carboxylic acids is 1. The van der Waals surface area contributed by atoms with Crippen LogP contribution < -0.4 is 5.73 Å². The van der Waals surface area contributed by atoms with E-state index in [0.29, 0.717) is 6.54 Å². The van der Waals surface area contributed by atoms with Crippen molar-refractivity contribution < 1.29 is 9.53 Å². The normalized spacial score (nSPS) is 21.9. The maximum atomic E-state index is 12.2. The van der Waals surface area contributed by atoms with Gasteiger partial charge in [0.15, 0.2) is 0 Å². The number of hydrogen-bond acceptors (Lipinski definition) is 3. The van der Waals surface area contributed by atoms with Crippen LogP contribution in [0.25, 0.3) is 0 Å². The third kappa shape index (κ3) is 2.71. The highest BCUT2D eigenvalue weighted by Crippen LogP contribution is 2.23. The lowest BCUT2D eigenvalue weighted by Crippen LogP contribution is -2.51. The minimum Gasteiger partial charge on any atom is -0.392 e. The van der Waals surface area contributed by atoms with Gasteiger partial charge in [0.2, 0.25) is 5.91 Å². The van der Waals surface area contributed by atoms with Crippen LogP contribution >= 0.6 is 12.2 Å². The fraction of sp³-hybridized carbons (Fsp3) is 0.818. The number of amides is 1. The average Bonchev–Trinajstić information content (AvgIpc) is 2.27. The fourth-order valence-electron chi connectivity index (χ4n) is 1.82. The molecule has 0 aromatic rings. The van der Waals surface area contributed by atoms with E-state index >= 15 is 0 Å². The van der Waals surface area contributed by atoms with Gasteiger partial charge in [-0.15, -0.1) is 0 Å². The van der Waals surface area contributed by atoms with E-state index < -0.39 is 5.41 Å². The Kier molecular flexibility index (Phi) is 4.27. The largest absolute Gasteiger partial charge is 0.392 e. The number of ether oxygens (including phenoxy) is 1. The second-order valence-electron chi connectivity index (χ2n) is 4.74. The number of hydrogen-bond donors (Lipinski definition) is 1. The Hall–Kier alpha value is -0.680. The maximum Gasteiger partial charge on any atom is 0.235 e. The summed E-state index contributed by atoms with van der Waals surface area (Å²) in [6.45, 7) is 4.95. The molecule has 1 unspecified atom stereocenters. The number of carbonyl (C=O) groups is 1. The summed E-state index contributed by atoms with van der Waals surface area (Å²) in [5.41, 5.74) is 4.84. The van der Waals surface area contributed by atoms with Crippen molar-refractivity contribution in [2.24, 2.45) is 11.1 Å². The molecule has 4 nitrogen and oxygen atoms in total. The van der Waals surface area contributed by atoms with Crippen molar-refractivity contribution in [3.05, 3.63) is 0 Å². The van der Waals surface area contributed by atoms with E-state index in [1.807, 2.05) is 0 Å². The van der Waals surface area contributed by atoms with Gasteiger partial charge in [-0.05, 0) is 26.7 Å². The molecule has 1 heterocycles. The molecule has 0 radical (unpaired) electrons. The Morgan fingerprint density at radius 1 is 1.56 bits per heavy atom. The standard InChI is InChI=1S/C11H20N2O2S/c1-11(2,9(12)16)10(14)13-6-4-5-8(7-13)15-3/h8H,4-7H2,1-3H3,(H2,12,16). The molecule has 16 heavy (non-hydrogen) atoms. The molecule has 0 aromatic heterocycles. The van der Waals surface area contributed by atoms with Crippen LogP contribution in [-0.4, -0.2) is 42.1 Å². The third-order valence-electron chi connectivity index (χ3n) is 3.15. The Morgan fingerprint density at radius 3 is 2.69 bits per heavy atom. The minimum absolute atomic E-state index is 0.00162. The Bertz CT molecular complexity index is 292. The van der Waals surface area contributed by atoms with Crippen molar-refractivity contribution >= 4 is 23.1 Å². The Labute approximate surface area is 102 Å². The van der Waals surface area contributed by atoms with Crippen LogP contribution in [0.1, 0.15) is 26.7 Å². The van der Waals surface area contributed by atoms with Crippen molar-refractivity contribution in [1.29, 1.82) is 0 Å². The van der Waals surface area contributed by atoms with Gasteiger partial charge < -0.3 is 15.4 Å². The lowest BCUT2D eigenvalue weighted by molar-refractivity contribution is -0.140. The number of likely N-dealkylation sites (tertiary alicyclic amines) is 1. The van der Waals surface area contributed by atoms with E-state index in [-0.39, 0.29) is 17.0 Å². The molecule has 0 aromatic carbocycles. The first kappa shape index (κ1) is 13.4. The molecule has 1 saturated heterocycles. The summed E-state index contributed by atoms with van der Waals surface area (Å²) in [5, 5.41) is 0. The van der Waals surface area contributed by atoms with E-state index in [4.69, 9.17) is 22.7 Å².